The van der Waals surface area contributed by atoms with Gasteiger partial charge in [0.2, 0.25) is 5.91 Å². The maximum absolute atomic E-state index is 12.0. The van der Waals surface area contributed by atoms with Crippen molar-refractivity contribution in [3.63, 3.8) is 0 Å². The van der Waals surface area contributed by atoms with E-state index in [1.54, 1.807) is 11.3 Å². The quantitative estimate of drug-likeness (QED) is 0.555. The summed E-state index contributed by atoms with van der Waals surface area (Å²) in [7, 11) is 0. The van der Waals surface area contributed by atoms with Crippen molar-refractivity contribution in [3.8, 4) is 0 Å². The molecule has 1 aromatic carbocycles. The Bertz CT molecular complexity index is 677. The minimum atomic E-state index is -0.153. The third-order valence-electron chi connectivity index (χ3n) is 3.26. The number of para-hydroxylation sites is 1. The Hall–Kier alpha value is -2.41. The molecule has 0 saturated heterocycles. The first kappa shape index (κ1) is 17.9. The van der Waals surface area contributed by atoms with Crippen LogP contribution in [0.5, 0.6) is 0 Å². The molecular weight excluding hydrogens is 322 g/mol. The van der Waals surface area contributed by atoms with Crippen molar-refractivity contribution < 1.29 is 4.79 Å². The Labute approximate surface area is 146 Å². The maximum atomic E-state index is 12.0. The molecule has 1 amide bonds. The van der Waals surface area contributed by atoms with E-state index >= 15 is 0 Å². The fourth-order valence-electron chi connectivity index (χ4n) is 1.99. The van der Waals surface area contributed by atoms with Gasteiger partial charge in [-0.2, -0.15) is 0 Å². The molecule has 128 valence electrons. The summed E-state index contributed by atoms with van der Waals surface area (Å²) in [5, 5.41) is 10.1. The smallest absolute Gasteiger partial charge is 0.246 e. The van der Waals surface area contributed by atoms with Crippen LogP contribution in [0.3, 0.4) is 0 Å². The number of aromatic nitrogens is 1. The zero-order chi connectivity index (χ0) is 17.4. The van der Waals surface area contributed by atoms with E-state index in [1.165, 1.54) is 4.88 Å². The summed E-state index contributed by atoms with van der Waals surface area (Å²) < 4.78 is 0. The lowest BCUT2D eigenvalue weighted by atomic mass is 10.3. The van der Waals surface area contributed by atoms with Crippen molar-refractivity contribution in [2.24, 2.45) is 4.99 Å². The molecule has 0 aliphatic heterocycles. The van der Waals surface area contributed by atoms with Crippen LogP contribution in [0.15, 0.2) is 35.3 Å². The van der Waals surface area contributed by atoms with Crippen molar-refractivity contribution >= 4 is 28.9 Å². The van der Waals surface area contributed by atoms with Gasteiger partial charge in [-0.1, -0.05) is 18.2 Å². The first-order valence-electron chi connectivity index (χ1n) is 7.88. The summed E-state index contributed by atoms with van der Waals surface area (Å²) in [5.74, 6) is 0.450. The molecule has 0 radical (unpaired) electrons. The van der Waals surface area contributed by atoms with Crippen LogP contribution in [0.4, 0.5) is 5.69 Å². The number of hydrogen-bond acceptors (Lipinski definition) is 4. The SMILES string of the molecule is CCNC(=NCC(=O)Nc1ccccc1)NCc1nc(C)c(C)s1. The molecule has 2 aromatic rings. The van der Waals surface area contributed by atoms with E-state index in [4.69, 9.17) is 0 Å². The molecule has 1 heterocycles. The number of amides is 1. The van der Waals surface area contributed by atoms with Gasteiger partial charge in [-0.3, -0.25) is 4.79 Å². The van der Waals surface area contributed by atoms with E-state index in [0.717, 1.165) is 22.9 Å². The number of nitrogens with zero attached hydrogens (tertiary/aromatic N) is 2. The van der Waals surface area contributed by atoms with Crippen molar-refractivity contribution in [1.29, 1.82) is 0 Å². The molecule has 3 N–H and O–H groups in total. The summed E-state index contributed by atoms with van der Waals surface area (Å²) >= 11 is 1.66. The highest BCUT2D eigenvalue weighted by Crippen LogP contribution is 2.15. The number of carbonyl (C=O) groups is 1. The van der Waals surface area contributed by atoms with Gasteiger partial charge in [0.1, 0.15) is 11.6 Å². The van der Waals surface area contributed by atoms with Gasteiger partial charge in [-0.15, -0.1) is 11.3 Å². The van der Waals surface area contributed by atoms with Gasteiger partial charge in [0.15, 0.2) is 5.96 Å². The van der Waals surface area contributed by atoms with Gasteiger partial charge in [0.25, 0.3) is 0 Å². The molecule has 0 saturated carbocycles. The fourth-order valence-corrected chi connectivity index (χ4v) is 2.86. The molecule has 0 bridgehead atoms. The van der Waals surface area contributed by atoms with Gasteiger partial charge in [0.05, 0.1) is 12.2 Å². The van der Waals surface area contributed by atoms with Crippen LogP contribution in [0, 0.1) is 13.8 Å². The van der Waals surface area contributed by atoms with Gasteiger partial charge in [-0.25, -0.2) is 9.98 Å². The van der Waals surface area contributed by atoms with Crippen LogP contribution >= 0.6 is 11.3 Å². The first-order valence-corrected chi connectivity index (χ1v) is 8.70. The van der Waals surface area contributed by atoms with E-state index in [9.17, 15) is 4.79 Å². The molecule has 0 atom stereocenters. The predicted molar refractivity (Wildman–Crippen MR) is 99.5 cm³/mol. The Morgan fingerprint density at radius 1 is 1.21 bits per heavy atom. The Kier molecular flexibility index (Phi) is 6.74. The second kappa shape index (κ2) is 9.02. The van der Waals surface area contributed by atoms with Crippen LogP contribution in [0.1, 0.15) is 22.5 Å². The van der Waals surface area contributed by atoms with E-state index in [-0.39, 0.29) is 12.5 Å². The normalized spacial score (nSPS) is 11.2. The number of hydrogen-bond donors (Lipinski definition) is 3. The molecule has 7 heteroatoms. The third kappa shape index (κ3) is 5.66. The summed E-state index contributed by atoms with van der Waals surface area (Å²) in [4.78, 5) is 22.0. The van der Waals surface area contributed by atoms with Gasteiger partial charge in [-0.05, 0) is 32.9 Å². The highest BCUT2D eigenvalue weighted by atomic mass is 32.1. The fraction of sp³-hybridized carbons (Fsp3) is 0.353. The van der Waals surface area contributed by atoms with Gasteiger partial charge >= 0.3 is 0 Å². The maximum Gasteiger partial charge on any atom is 0.246 e. The zero-order valence-electron chi connectivity index (χ0n) is 14.2. The number of benzene rings is 1. The van der Waals surface area contributed by atoms with Crippen LogP contribution in [-0.2, 0) is 11.3 Å². The second-order valence-electron chi connectivity index (χ2n) is 5.21. The Morgan fingerprint density at radius 2 is 1.96 bits per heavy atom. The summed E-state index contributed by atoms with van der Waals surface area (Å²) in [6.45, 7) is 7.42. The molecule has 0 fully saturated rings. The summed E-state index contributed by atoms with van der Waals surface area (Å²) in [6, 6.07) is 9.35. The Balaban J connectivity index is 1.88. The van der Waals surface area contributed by atoms with Crippen molar-refractivity contribution in [1.82, 2.24) is 15.6 Å². The lowest BCUT2D eigenvalue weighted by Crippen LogP contribution is -2.37. The lowest BCUT2D eigenvalue weighted by molar-refractivity contribution is -0.114. The van der Waals surface area contributed by atoms with E-state index in [2.05, 4.69) is 32.9 Å². The standard InChI is InChI=1S/C17H23N5OS/c1-4-18-17(20-11-16-21-12(2)13(3)24-16)19-10-15(23)22-14-8-6-5-7-9-14/h5-9H,4,10-11H2,1-3H3,(H,22,23)(H2,18,19,20). The van der Waals surface area contributed by atoms with E-state index < -0.39 is 0 Å². The van der Waals surface area contributed by atoms with Crippen molar-refractivity contribution in [3.05, 3.63) is 45.9 Å². The number of aliphatic imine (C=N–C) groups is 1. The van der Waals surface area contributed by atoms with Gasteiger partial charge < -0.3 is 16.0 Å². The molecule has 0 unspecified atom stereocenters. The number of guanidine groups is 1. The number of aryl methyl sites for hydroxylation is 2. The van der Waals surface area contributed by atoms with E-state index in [1.807, 2.05) is 44.2 Å². The molecular formula is C17H23N5OS. The average Bonchev–Trinajstić information content (AvgIpc) is 2.89. The number of anilines is 1. The highest BCUT2D eigenvalue weighted by Gasteiger charge is 2.06. The first-order chi connectivity index (χ1) is 11.6. The number of rotatable bonds is 6. The van der Waals surface area contributed by atoms with Crippen molar-refractivity contribution in [2.45, 2.75) is 27.3 Å². The number of carbonyl (C=O) groups excluding carboxylic acids is 1. The zero-order valence-corrected chi connectivity index (χ0v) is 15.0. The van der Waals surface area contributed by atoms with Crippen LogP contribution in [0.2, 0.25) is 0 Å². The van der Waals surface area contributed by atoms with Gasteiger partial charge in [0, 0.05) is 17.1 Å². The monoisotopic (exact) mass is 345 g/mol. The summed E-state index contributed by atoms with van der Waals surface area (Å²) in [6.07, 6.45) is 0. The van der Waals surface area contributed by atoms with Crippen LogP contribution in [0.25, 0.3) is 0 Å². The predicted octanol–water partition coefficient (Wildman–Crippen LogP) is 2.45. The van der Waals surface area contributed by atoms with Crippen molar-refractivity contribution in [2.75, 3.05) is 18.4 Å². The molecule has 2 rings (SSSR count). The number of nitrogens with one attached hydrogen (secondary N) is 3. The molecule has 6 nitrogen and oxygen atoms in total. The number of thiazole rings is 1. The average molecular weight is 345 g/mol. The molecule has 0 aliphatic rings. The third-order valence-corrected chi connectivity index (χ3v) is 4.34. The Morgan fingerprint density at radius 3 is 2.58 bits per heavy atom. The highest BCUT2D eigenvalue weighted by molar-refractivity contribution is 7.11. The largest absolute Gasteiger partial charge is 0.357 e. The molecule has 1 aromatic heterocycles. The minimum Gasteiger partial charge on any atom is -0.357 e. The molecule has 0 spiro atoms. The van der Waals surface area contributed by atoms with Crippen LogP contribution in [-0.4, -0.2) is 29.9 Å². The summed E-state index contributed by atoms with van der Waals surface area (Å²) in [5.41, 5.74) is 1.82. The van der Waals surface area contributed by atoms with Crippen LogP contribution < -0.4 is 16.0 Å². The topological polar surface area (TPSA) is 78.4 Å². The van der Waals surface area contributed by atoms with E-state index in [0.29, 0.717) is 12.5 Å². The minimum absolute atomic E-state index is 0.0557. The lowest BCUT2D eigenvalue weighted by Gasteiger charge is -2.10. The molecule has 0 aliphatic carbocycles. The molecule has 24 heavy (non-hydrogen) atoms. The second-order valence-corrected chi connectivity index (χ2v) is 6.50.